The molecule has 2 aromatic rings. The summed E-state index contributed by atoms with van der Waals surface area (Å²) in [7, 11) is 1.64. The summed E-state index contributed by atoms with van der Waals surface area (Å²) in [4.78, 5) is 0. The molecule has 2 aromatic carbocycles. The van der Waals surface area contributed by atoms with Gasteiger partial charge in [-0.3, -0.25) is 0 Å². The van der Waals surface area contributed by atoms with E-state index in [1.54, 1.807) is 19.2 Å². The Kier molecular flexibility index (Phi) is 5.21. The summed E-state index contributed by atoms with van der Waals surface area (Å²) in [6, 6.07) is 15.3. The average molecular weight is 301 g/mol. The van der Waals surface area contributed by atoms with Gasteiger partial charge in [0, 0.05) is 16.5 Å². The fourth-order valence-electron chi connectivity index (χ4n) is 2.40. The van der Waals surface area contributed by atoms with Crippen LogP contribution < -0.4 is 10.5 Å². The first-order valence-electron chi connectivity index (χ1n) is 6.70. The standard InChI is InChI=1S/C17H17ClN2O/c1-21-17-6-5-15(18)9-16(17)14(11-20)8-12-3-2-4-13(7-12)10-19/h2-7,9,14H,8,11,20H2,1H3. The minimum absolute atomic E-state index is 0.0904. The number of nitriles is 1. The minimum Gasteiger partial charge on any atom is -0.496 e. The van der Waals surface area contributed by atoms with Gasteiger partial charge in [-0.1, -0.05) is 23.7 Å². The summed E-state index contributed by atoms with van der Waals surface area (Å²) in [5.74, 6) is 0.874. The topological polar surface area (TPSA) is 59.0 Å². The van der Waals surface area contributed by atoms with Gasteiger partial charge in [-0.25, -0.2) is 0 Å². The van der Waals surface area contributed by atoms with Crippen molar-refractivity contribution in [2.75, 3.05) is 13.7 Å². The third-order valence-electron chi connectivity index (χ3n) is 3.45. The van der Waals surface area contributed by atoms with Crippen LogP contribution in [0.1, 0.15) is 22.6 Å². The highest BCUT2D eigenvalue weighted by atomic mass is 35.5. The molecule has 0 aliphatic heterocycles. The van der Waals surface area contributed by atoms with Crippen LogP contribution in [0, 0.1) is 11.3 Å². The largest absolute Gasteiger partial charge is 0.496 e. The monoisotopic (exact) mass is 300 g/mol. The number of benzene rings is 2. The summed E-state index contributed by atoms with van der Waals surface area (Å²) >= 11 is 6.09. The summed E-state index contributed by atoms with van der Waals surface area (Å²) in [5, 5.41) is 9.64. The van der Waals surface area contributed by atoms with Crippen molar-refractivity contribution in [2.45, 2.75) is 12.3 Å². The van der Waals surface area contributed by atoms with E-state index in [0.717, 1.165) is 23.3 Å². The summed E-state index contributed by atoms with van der Waals surface area (Å²) < 4.78 is 5.40. The van der Waals surface area contributed by atoms with Crippen LogP contribution >= 0.6 is 11.6 Å². The molecule has 0 amide bonds. The molecule has 0 aliphatic carbocycles. The molecule has 0 spiro atoms. The molecule has 108 valence electrons. The molecule has 0 aromatic heterocycles. The number of ether oxygens (including phenoxy) is 1. The van der Waals surface area contributed by atoms with Gasteiger partial charge in [0.25, 0.3) is 0 Å². The molecule has 2 N–H and O–H groups in total. The molecule has 1 unspecified atom stereocenters. The Morgan fingerprint density at radius 1 is 1.29 bits per heavy atom. The molecule has 0 saturated carbocycles. The quantitative estimate of drug-likeness (QED) is 0.919. The molecule has 0 radical (unpaired) electrons. The normalized spacial score (nSPS) is 11.7. The Bertz CT molecular complexity index is 664. The van der Waals surface area contributed by atoms with Gasteiger partial charge in [0.15, 0.2) is 0 Å². The molecule has 2 rings (SSSR count). The lowest BCUT2D eigenvalue weighted by Crippen LogP contribution is -2.16. The van der Waals surface area contributed by atoms with Crippen LogP contribution in [0.5, 0.6) is 5.75 Å². The zero-order valence-corrected chi connectivity index (χ0v) is 12.6. The lowest BCUT2D eigenvalue weighted by molar-refractivity contribution is 0.405. The number of nitrogens with zero attached hydrogens (tertiary/aromatic N) is 1. The lowest BCUT2D eigenvalue weighted by Gasteiger charge is -2.19. The highest BCUT2D eigenvalue weighted by molar-refractivity contribution is 6.30. The van der Waals surface area contributed by atoms with Crippen molar-refractivity contribution < 1.29 is 4.74 Å². The molecular weight excluding hydrogens is 284 g/mol. The van der Waals surface area contributed by atoms with Gasteiger partial charge in [-0.05, 0) is 48.9 Å². The maximum atomic E-state index is 8.98. The fourth-order valence-corrected chi connectivity index (χ4v) is 2.58. The SMILES string of the molecule is COc1ccc(Cl)cc1C(CN)Cc1cccc(C#N)c1. The van der Waals surface area contributed by atoms with E-state index in [2.05, 4.69) is 6.07 Å². The Balaban J connectivity index is 2.32. The first-order chi connectivity index (χ1) is 10.2. The Morgan fingerprint density at radius 3 is 2.76 bits per heavy atom. The first kappa shape index (κ1) is 15.4. The van der Waals surface area contributed by atoms with E-state index in [0.29, 0.717) is 17.1 Å². The maximum Gasteiger partial charge on any atom is 0.122 e. The lowest BCUT2D eigenvalue weighted by atomic mass is 9.91. The van der Waals surface area contributed by atoms with E-state index in [4.69, 9.17) is 27.3 Å². The molecule has 0 fully saturated rings. The second kappa shape index (κ2) is 7.12. The maximum absolute atomic E-state index is 8.98. The Labute approximate surface area is 129 Å². The van der Waals surface area contributed by atoms with Crippen LogP contribution in [0.4, 0.5) is 0 Å². The van der Waals surface area contributed by atoms with Gasteiger partial charge in [-0.2, -0.15) is 5.26 Å². The highest BCUT2D eigenvalue weighted by Crippen LogP contribution is 2.31. The van der Waals surface area contributed by atoms with E-state index in [1.165, 1.54) is 0 Å². The van der Waals surface area contributed by atoms with Crippen LogP contribution in [-0.4, -0.2) is 13.7 Å². The van der Waals surface area contributed by atoms with Crippen LogP contribution in [-0.2, 0) is 6.42 Å². The van der Waals surface area contributed by atoms with Crippen molar-refractivity contribution in [1.82, 2.24) is 0 Å². The van der Waals surface area contributed by atoms with E-state index in [-0.39, 0.29) is 5.92 Å². The van der Waals surface area contributed by atoms with Gasteiger partial charge >= 0.3 is 0 Å². The van der Waals surface area contributed by atoms with E-state index in [1.807, 2.05) is 30.3 Å². The third kappa shape index (κ3) is 3.75. The van der Waals surface area contributed by atoms with Crippen molar-refractivity contribution >= 4 is 11.6 Å². The van der Waals surface area contributed by atoms with Gasteiger partial charge in [-0.15, -0.1) is 0 Å². The van der Waals surface area contributed by atoms with E-state index in [9.17, 15) is 0 Å². The van der Waals surface area contributed by atoms with E-state index < -0.39 is 0 Å². The number of rotatable bonds is 5. The number of nitrogens with two attached hydrogens (primary N) is 1. The minimum atomic E-state index is 0.0904. The molecule has 4 heteroatoms. The van der Waals surface area contributed by atoms with Gasteiger partial charge in [0.05, 0.1) is 18.7 Å². The molecule has 0 aliphatic rings. The second-order valence-corrected chi connectivity index (χ2v) is 5.27. The molecule has 0 saturated heterocycles. The Morgan fingerprint density at radius 2 is 2.10 bits per heavy atom. The zero-order valence-electron chi connectivity index (χ0n) is 11.8. The van der Waals surface area contributed by atoms with Crippen molar-refractivity contribution in [1.29, 1.82) is 5.26 Å². The van der Waals surface area contributed by atoms with Crippen LogP contribution in [0.3, 0.4) is 0 Å². The highest BCUT2D eigenvalue weighted by Gasteiger charge is 2.16. The number of methoxy groups -OCH3 is 1. The van der Waals surface area contributed by atoms with Crippen molar-refractivity contribution in [2.24, 2.45) is 5.73 Å². The molecule has 0 heterocycles. The molecule has 1 atom stereocenters. The van der Waals surface area contributed by atoms with Crippen molar-refractivity contribution in [3.63, 3.8) is 0 Å². The van der Waals surface area contributed by atoms with Crippen molar-refractivity contribution in [3.05, 3.63) is 64.2 Å². The predicted octanol–water partition coefficient (Wildman–Crippen LogP) is 3.51. The third-order valence-corrected chi connectivity index (χ3v) is 3.69. The fraction of sp³-hybridized carbons (Fsp3) is 0.235. The zero-order chi connectivity index (χ0) is 15.2. The smallest absolute Gasteiger partial charge is 0.122 e. The first-order valence-corrected chi connectivity index (χ1v) is 7.08. The van der Waals surface area contributed by atoms with Crippen LogP contribution in [0.25, 0.3) is 0 Å². The van der Waals surface area contributed by atoms with Gasteiger partial charge < -0.3 is 10.5 Å². The second-order valence-electron chi connectivity index (χ2n) is 4.84. The number of hydrogen-bond donors (Lipinski definition) is 1. The molecule has 21 heavy (non-hydrogen) atoms. The molecule has 0 bridgehead atoms. The van der Waals surface area contributed by atoms with E-state index >= 15 is 0 Å². The molecule has 3 nitrogen and oxygen atoms in total. The molecular formula is C17H17ClN2O. The summed E-state index contributed by atoms with van der Waals surface area (Å²) in [6.45, 7) is 0.480. The van der Waals surface area contributed by atoms with Crippen molar-refractivity contribution in [3.8, 4) is 11.8 Å². The summed E-state index contributed by atoms with van der Waals surface area (Å²) in [5.41, 5.74) is 8.66. The average Bonchev–Trinajstić information content (AvgIpc) is 2.52. The number of hydrogen-bond acceptors (Lipinski definition) is 3. The van der Waals surface area contributed by atoms with Crippen LogP contribution in [0.15, 0.2) is 42.5 Å². The van der Waals surface area contributed by atoms with Crippen LogP contribution in [0.2, 0.25) is 5.02 Å². The number of halogens is 1. The van der Waals surface area contributed by atoms with Gasteiger partial charge in [0.2, 0.25) is 0 Å². The predicted molar refractivity (Wildman–Crippen MR) is 84.7 cm³/mol. The van der Waals surface area contributed by atoms with Gasteiger partial charge in [0.1, 0.15) is 5.75 Å². The summed E-state index contributed by atoms with van der Waals surface area (Å²) in [6.07, 6.45) is 0.739. The Hall–Kier alpha value is -2.02.